The summed E-state index contributed by atoms with van der Waals surface area (Å²) in [5.74, 6) is -1.91. The lowest BCUT2D eigenvalue weighted by molar-refractivity contribution is 0.0240. The zero-order valence-corrected chi connectivity index (χ0v) is 20.1. The molecular formula is C29H29F2N3O2. The summed E-state index contributed by atoms with van der Waals surface area (Å²) in [6, 6.07) is 18.2. The van der Waals surface area contributed by atoms with Crippen LogP contribution in [0.1, 0.15) is 34.0 Å². The van der Waals surface area contributed by atoms with Crippen molar-refractivity contribution in [1.82, 2.24) is 10.3 Å². The first kappa shape index (κ1) is 25.4. The topological polar surface area (TPSA) is 77.2 Å². The number of carbonyl (C=O) groups is 1. The van der Waals surface area contributed by atoms with E-state index in [1.807, 2.05) is 36.4 Å². The minimum absolute atomic E-state index is 0.132. The van der Waals surface area contributed by atoms with Gasteiger partial charge in [-0.2, -0.15) is 0 Å². The van der Waals surface area contributed by atoms with Crippen LogP contribution in [0.4, 0.5) is 8.78 Å². The molecule has 2 unspecified atom stereocenters. The Labute approximate surface area is 209 Å². The van der Waals surface area contributed by atoms with Crippen LogP contribution >= 0.6 is 0 Å². The normalized spacial score (nSPS) is 12.9. The summed E-state index contributed by atoms with van der Waals surface area (Å²) in [6.07, 6.45) is 3.46. The van der Waals surface area contributed by atoms with Crippen LogP contribution in [0.5, 0.6) is 0 Å². The van der Waals surface area contributed by atoms with Crippen molar-refractivity contribution in [1.29, 1.82) is 0 Å². The smallest absolute Gasteiger partial charge is 0.340 e. The van der Waals surface area contributed by atoms with Crippen molar-refractivity contribution < 1.29 is 18.3 Å². The number of carbonyl (C=O) groups excluding carboxylic acids is 1. The number of halogens is 2. The zero-order valence-electron chi connectivity index (χ0n) is 20.1. The van der Waals surface area contributed by atoms with Crippen molar-refractivity contribution in [2.75, 3.05) is 6.54 Å². The molecule has 0 saturated carbocycles. The number of esters is 1. The molecule has 1 aromatic heterocycles. The van der Waals surface area contributed by atoms with Crippen LogP contribution in [0, 0.1) is 11.6 Å². The van der Waals surface area contributed by atoms with Gasteiger partial charge in [-0.3, -0.25) is 4.98 Å². The number of aryl methyl sites for hydroxylation is 1. The van der Waals surface area contributed by atoms with E-state index in [9.17, 15) is 13.6 Å². The highest BCUT2D eigenvalue weighted by Crippen LogP contribution is 2.19. The Morgan fingerprint density at radius 1 is 0.972 bits per heavy atom. The number of fused-ring (bicyclic) bond motifs is 1. The van der Waals surface area contributed by atoms with Gasteiger partial charge in [0.15, 0.2) is 0 Å². The van der Waals surface area contributed by atoms with Gasteiger partial charge in [0, 0.05) is 43.0 Å². The number of benzene rings is 3. The van der Waals surface area contributed by atoms with Gasteiger partial charge in [-0.25, -0.2) is 13.6 Å². The Hall–Kier alpha value is -3.68. The summed E-state index contributed by atoms with van der Waals surface area (Å²) in [6.45, 7) is 2.91. The lowest BCUT2D eigenvalue weighted by atomic mass is 10.0. The van der Waals surface area contributed by atoms with Crippen molar-refractivity contribution >= 4 is 16.7 Å². The van der Waals surface area contributed by atoms with Crippen molar-refractivity contribution in [2.24, 2.45) is 5.73 Å². The van der Waals surface area contributed by atoms with Gasteiger partial charge in [0.25, 0.3) is 0 Å². The van der Waals surface area contributed by atoms with Gasteiger partial charge in [0.2, 0.25) is 0 Å². The first-order valence-corrected chi connectivity index (χ1v) is 12.0. The number of rotatable bonds is 10. The lowest BCUT2D eigenvalue weighted by Crippen LogP contribution is -2.46. The second kappa shape index (κ2) is 11.8. The Balaban J connectivity index is 1.52. The number of hydrogen-bond donors (Lipinski definition) is 2. The minimum Gasteiger partial charge on any atom is -0.456 e. The molecule has 0 spiro atoms. The molecule has 0 amide bonds. The SMILES string of the molecule is CCc1cccc(CNCC(OC(=O)c2cncc3ccccc23)C(N)Cc2cc(F)cc(F)c2)c1. The summed E-state index contributed by atoms with van der Waals surface area (Å²) in [5.41, 5.74) is 9.48. The number of hydrogen-bond acceptors (Lipinski definition) is 5. The molecule has 0 aliphatic rings. The standard InChI is InChI=1S/C29H29F2N3O2/c1-2-19-6-5-7-20(10-19)15-33-18-28(27(32)13-21-11-23(30)14-24(31)12-21)36-29(35)26-17-34-16-22-8-3-4-9-25(22)26/h3-12,14,16-17,27-28,33H,2,13,15,18,32H2,1H3. The summed E-state index contributed by atoms with van der Waals surface area (Å²) in [7, 11) is 0. The second-order valence-corrected chi connectivity index (χ2v) is 8.80. The highest BCUT2D eigenvalue weighted by molar-refractivity contribution is 6.03. The average molecular weight is 490 g/mol. The van der Waals surface area contributed by atoms with Gasteiger partial charge in [-0.15, -0.1) is 0 Å². The van der Waals surface area contributed by atoms with E-state index in [0.717, 1.165) is 28.8 Å². The van der Waals surface area contributed by atoms with Gasteiger partial charge in [-0.1, -0.05) is 55.5 Å². The maximum atomic E-state index is 13.7. The van der Waals surface area contributed by atoms with Gasteiger partial charge in [0.05, 0.1) is 5.56 Å². The predicted molar refractivity (Wildman–Crippen MR) is 137 cm³/mol. The van der Waals surface area contributed by atoms with Crippen LogP contribution < -0.4 is 11.1 Å². The molecule has 3 aromatic carbocycles. The minimum atomic E-state index is -0.753. The molecule has 5 nitrogen and oxygen atoms in total. The molecule has 4 rings (SSSR count). The van der Waals surface area contributed by atoms with Crippen molar-refractivity contribution in [3.8, 4) is 0 Å². The third kappa shape index (κ3) is 6.50. The molecule has 2 atom stereocenters. The van der Waals surface area contributed by atoms with E-state index in [4.69, 9.17) is 10.5 Å². The summed E-state index contributed by atoms with van der Waals surface area (Å²) in [4.78, 5) is 17.3. The van der Waals surface area contributed by atoms with E-state index in [1.165, 1.54) is 23.9 Å². The number of pyridine rings is 1. The Kier molecular flexibility index (Phi) is 8.36. The third-order valence-electron chi connectivity index (χ3n) is 6.09. The van der Waals surface area contributed by atoms with Gasteiger partial charge in [-0.05, 0) is 47.1 Å². The van der Waals surface area contributed by atoms with E-state index in [2.05, 4.69) is 29.4 Å². The molecule has 36 heavy (non-hydrogen) atoms. The number of nitrogens with one attached hydrogen (secondary N) is 1. The highest BCUT2D eigenvalue weighted by Gasteiger charge is 2.25. The molecule has 0 aliphatic carbocycles. The average Bonchev–Trinajstić information content (AvgIpc) is 2.87. The Morgan fingerprint density at radius 3 is 2.50 bits per heavy atom. The maximum absolute atomic E-state index is 13.7. The molecule has 186 valence electrons. The second-order valence-electron chi connectivity index (χ2n) is 8.80. The highest BCUT2D eigenvalue weighted by atomic mass is 19.1. The lowest BCUT2D eigenvalue weighted by Gasteiger charge is -2.25. The molecule has 0 radical (unpaired) electrons. The van der Waals surface area contributed by atoms with Crippen LogP contribution in [0.2, 0.25) is 0 Å². The molecular weight excluding hydrogens is 460 g/mol. The van der Waals surface area contributed by atoms with Crippen LogP contribution in [0.15, 0.2) is 79.1 Å². The largest absolute Gasteiger partial charge is 0.456 e. The number of ether oxygens (including phenoxy) is 1. The van der Waals surface area contributed by atoms with E-state index in [1.54, 1.807) is 6.20 Å². The molecule has 0 fully saturated rings. The molecule has 0 aliphatic heterocycles. The van der Waals surface area contributed by atoms with Gasteiger partial charge in [0.1, 0.15) is 17.7 Å². The number of nitrogens with zero attached hydrogens (tertiary/aromatic N) is 1. The fourth-order valence-corrected chi connectivity index (χ4v) is 4.21. The van der Waals surface area contributed by atoms with Crippen molar-refractivity contribution in [2.45, 2.75) is 38.5 Å². The molecule has 1 heterocycles. The molecule has 0 saturated heterocycles. The molecule has 0 bridgehead atoms. The molecule has 7 heteroatoms. The van der Waals surface area contributed by atoms with Crippen LogP contribution in [0.3, 0.4) is 0 Å². The summed E-state index contributed by atoms with van der Waals surface area (Å²) in [5, 5.41) is 4.86. The van der Waals surface area contributed by atoms with Gasteiger partial charge >= 0.3 is 5.97 Å². The Bertz CT molecular complexity index is 1320. The monoisotopic (exact) mass is 489 g/mol. The maximum Gasteiger partial charge on any atom is 0.340 e. The number of nitrogens with two attached hydrogens (primary N) is 1. The fourth-order valence-electron chi connectivity index (χ4n) is 4.21. The van der Waals surface area contributed by atoms with E-state index >= 15 is 0 Å². The van der Waals surface area contributed by atoms with E-state index in [0.29, 0.717) is 17.7 Å². The zero-order chi connectivity index (χ0) is 25.5. The van der Waals surface area contributed by atoms with Gasteiger partial charge < -0.3 is 15.8 Å². The first-order chi connectivity index (χ1) is 17.4. The van der Waals surface area contributed by atoms with Crippen LogP contribution in [-0.4, -0.2) is 29.6 Å². The summed E-state index contributed by atoms with van der Waals surface area (Å²) < 4.78 is 33.3. The van der Waals surface area contributed by atoms with E-state index in [-0.39, 0.29) is 13.0 Å². The van der Waals surface area contributed by atoms with Crippen LogP contribution in [-0.2, 0) is 24.1 Å². The Morgan fingerprint density at radius 2 is 1.72 bits per heavy atom. The quantitative estimate of drug-likeness (QED) is 0.308. The van der Waals surface area contributed by atoms with E-state index < -0.39 is 29.7 Å². The molecule has 4 aromatic rings. The van der Waals surface area contributed by atoms with Crippen LogP contribution in [0.25, 0.3) is 10.8 Å². The fraction of sp³-hybridized carbons (Fsp3) is 0.241. The first-order valence-electron chi connectivity index (χ1n) is 12.0. The number of aromatic nitrogens is 1. The third-order valence-corrected chi connectivity index (χ3v) is 6.09. The predicted octanol–water partition coefficient (Wildman–Crippen LogP) is 4.96. The van der Waals surface area contributed by atoms with Crippen molar-refractivity contribution in [3.63, 3.8) is 0 Å². The molecule has 3 N–H and O–H groups in total. The van der Waals surface area contributed by atoms with Crippen molar-refractivity contribution in [3.05, 3.63) is 113 Å². The summed E-state index contributed by atoms with van der Waals surface area (Å²) >= 11 is 0.